The van der Waals surface area contributed by atoms with Crippen molar-refractivity contribution in [3.63, 3.8) is 0 Å². The van der Waals surface area contributed by atoms with Gasteiger partial charge in [0.15, 0.2) is 0 Å². The molecule has 1 rings (SSSR count). The molecule has 1 aliphatic rings. The van der Waals surface area contributed by atoms with Crippen molar-refractivity contribution in [2.75, 3.05) is 0 Å². The molecule has 1 atom stereocenters. The third-order valence-corrected chi connectivity index (χ3v) is 0.834. The normalized spacial score (nSPS) is 37.4. The molecule has 0 aromatic heterocycles. The molecule has 0 unspecified atom stereocenters. The van der Waals surface area contributed by atoms with Gasteiger partial charge < -0.3 is 5.11 Å². The molecule has 0 saturated carbocycles. The second-order valence-corrected chi connectivity index (χ2v) is 1.82. The zero-order valence-electron chi connectivity index (χ0n) is 4.13. The zero-order chi connectivity index (χ0) is 5.33. The van der Waals surface area contributed by atoms with Crippen molar-refractivity contribution in [1.29, 1.82) is 0 Å². The van der Waals surface area contributed by atoms with E-state index in [4.69, 9.17) is 5.11 Å². The highest BCUT2D eigenvalue weighted by Crippen LogP contribution is 2.06. The van der Waals surface area contributed by atoms with Crippen LogP contribution < -0.4 is 0 Å². The molecule has 0 bridgehead atoms. The van der Waals surface area contributed by atoms with Gasteiger partial charge in [-0.2, -0.15) is 0 Å². The standard InChI is InChI=1S/C5H7NO/c1-5(7)2-3-6-4-5/h2-4,7H,1H3/t5-/m0/s1. The second kappa shape index (κ2) is 1.17. The van der Waals surface area contributed by atoms with E-state index in [1.165, 1.54) is 6.21 Å². The minimum atomic E-state index is -0.778. The highest BCUT2D eigenvalue weighted by Gasteiger charge is 2.14. The lowest BCUT2D eigenvalue weighted by atomic mass is 10.1. The van der Waals surface area contributed by atoms with Crippen LogP contribution in [0.4, 0.5) is 0 Å². The molecular formula is C5H7NO. The Hall–Kier alpha value is -0.630. The van der Waals surface area contributed by atoms with Crippen LogP contribution in [0, 0.1) is 0 Å². The number of aliphatic hydroxyl groups is 1. The van der Waals surface area contributed by atoms with Crippen molar-refractivity contribution in [2.24, 2.45) is 4.99 Å². The lowest BCUT2D eigenvalue weighted by Crippen LogP contribution is -2.19. The molecular weight excluding hydrogens is 90.1 g/mol. The van der Waals surface area contributed by atoms with E-state index >= 15 is 0 Å². The van der Waals surface area contributed by atoms with Crippen LogP contribution in [0.5, 0.6) is 0 Å². The van der Waals surface area contributed by atoms with Gasteiger partial charge in [0.25, 0.3) is 0 Å². The van der Waals surface area contributed by atoms with Gasteiger partial charge in [0.05, 0.1) is 0 Å². The van der Waals surface area contributed by atoms with Crippen LogP contribution in [0.1, 0.15) is 6.92 Å². The fourth-order valence-corrected chi connectivity index (χ4v) is 0.431. The number of hydrogen-bond donors (Lipinski definition) is 1. The van der Waals surface area contributed by atoms with E-state index in [1.54, 1.807) is 19.2 Å². The molecule has 0 radical (unpaired) electrons. The van der Waals surface area contributed by atoms with Gasteiger partial charge in [-0.15, -0.1) is 0 Å². The maximum absolute atomic E-state index is 8.96. The lowest BCUT2D eigenvalue weighted by molar-refractivity contribution is 0.192. The van der Waals surface area contributed by atoms with Crippen LogP contribution in [0.2, 0.25) is 0 Å². The van der Waals surface area contributed by atoms with E-state index in [9.17, 15) is 0 Å². The maximum Gasteiger partial charge on any atom is 0.117 e. The summed E-state index contributed by atoms with van der Waals surface area (Å²) in [4.78, 5) is 3.68. The summed E-state index contributed by atoms with van der Waals surface area (Å²) in [6, 6.07) is 0. The van der Waals surface area contributed by atoms with E-state index in [-0.39, 0.29) is 0 Å². The summed E-state index contributed by atoms with van der Waals surface area (Å²) in [5.74, 6) is 0. The van der Waals surface area contributed by atoms with E-state index in [0.29, 0.717) is 0 Å². The van der Waals surface area contributed by atoms with Gasteiger partial charge in [-0.05, 0) is 13.0 Å². The molecule has 38 valence electrons. The topological polar surface area (TPSA) is 32.6 Å². The number of hydrogen-bond acceptors (Lipinski definition) is 2. The molecule has 0 fully saturated rings. The summed E-state index contributed by atoms with van der Waals surface area (Å²) < 4.78 is 0. The first kappa shape index (κ1) is 4.53. The Labute approximate surface area is 42.2 Å². The molecule has 0 spiro atoms. The molecule has 0 amide bonds. The van der Waals surface area contributed by atoms with Crippen molar-refractivity contribution in [3.05, 3.63) is 12.3 Å². The molecule has 0 saturated heterocycles. The summed E-state index contributed by atoms with van der Waals surface area (Å²) in [6.07, 6.45) is 4.71. The molecule has 0 aliphatic carbocycles. The Balaban J connectivity index is 2.77. The monoisotopic (exact) mass is 97.1 g/mol. The lowest BCUT2D eigenvalue weighted by Gasteiger charge is -2.04. The largest absolute Gasteiger partial charge is 0.380 e. The Bertz CT molecular complexity index is 110. The average molecular weight is 97.1 g/mol. The van der Waals surface area contributed by atoms with E-state index < -0.39 is 5.60 Å². The van der Waals surface area contributed by atoms with Gasteiger partial charge in [-0.3, -0.25) is 4.99 Å². The molecule has 0 aromatic rings. The first-order valence-corrected chi connectivity index (χ1v) is 2.15. The molecule has 1 N–H and O–H groups in total. The first-order chi connectivity index (χ1) is 3.21. The van der Waals surface area contributed by atoms with Crippen molar-refractivity contribution < 1.29 is 5.11 Å². The SMILES string of the molecule is C[C@]1(O)C=CN=C1. The Morgan fingerprint density at radius 3 is 2.57 bits per heavy atom. The van der Waals surface area contributed by atoms with Gasteiger partial charge >= 0.3 is 0 Å². The van der Waals surface area contributed by atoms with Crippen LogP contribution in [-0.4, -0.2) is 16.9 Å². The number of aliphatic imine (C=N–C) groups is 1. The fourth-order valence-electron chi connectivity index (χ4n) is 0.431. The average Bonchev–Trinajstić information content (AvgIpc) is 1.84. The van der Waals surface area contributed by atoms with Crippen LogP contribution in [0.25, 0.3) is 0 Å². The van der Waals surface area contributed by atoms with Crippen molar-refractivity contribution in [1.82, 2.24) is 0 Å². The third-order valence-electron chi connectivity index (χ3n) is 0.834. The first-order valence-electron chi connectivity index (χ1n) is 2.15. The molecule has 2 nitrogen and oxygen atoms in total. The summed E-state index contributed by atoms with van der Waals surface area (Å²) in [5, 5.41) is 8.96. The van der Waals surface area contributed by atoms with Gasteiger partial charge in [-0.1, -0.05) is 0 Å². The third kappa shape index (κ3) is 0.871. The van der Waals surface area contributed by atoms with Crippen molar-refractivity contribution in [3.8, 4) is 0 Å². The molecule has 1 aliphatic heterocycles. The van der Waals surface area contributed by atoms with Gasteiger partial charge in [0.2, 0.25) is 0 Å². The minimum Gasteiger partial charge on any atom is -0.380 e. The van der Waals surface area contributed by atoms with Gasteiger partial charge in [0, 0.05) is 12.4 Å². The smallest absolute Gasteiger partial charge is 0.117 e. The second-order valence-electron chi connectivity index (χ2n) is 1.82. The Morgan fingerprint density at radius 1 is 1.71 bits per heavy atom. The summed E-state index contributed by atoms with van der Waals surface area (Å²) in [7, 11) is 0. The van der Waals surface area contributed by atoms with Gasteiger partial charge in [-0.25, -0.2) is 0 Å². The van der Waals surface area contributed by atoms with Crippen LogP contribution in [-0.2, 0) is 0 Å². The molecule has 1 heterocycles. The quantitative estimate of drug-likeness (QED) is 0.464. The zero-order valence-corrected chi connectivity index (χ0v) is 4.13. The summed E-state index contributed by atoms with van der Waals surface area (Å²) >= 11 is 0. The minimum absolute atomic E-state index is 0.778. The highest BCUT2D eigenvalue weighted by atomic mass is 16.3. The van der Waals surface area contributed by atoms with Crippen LogP contribution >= 0.6 is 0 Å². The predicted molar refractivity (Wildman–Crippen MR) is 28.3 cm³/mol. The van der Waals surface area contributed by atoms with Gasteiger partial charge in [0.1, 0.15) is 5.60 Å². The summed E-state index contributed by atoms with van der Waals surface area (Å²) in [6.45, 7) is 1.68. The molecule has 0 aromatic carbocycles. The van der Waals surface area contributed by atoms with Crippen molar-refractivity contribution in [2.45, 2.75) is 12.5 Å². The fraction of sp³-hybridized carbons (Fsp3) is 0.400. The Morgan fingerprint density at radius 2 is 2.43 bits per heavy atom. The number of rotatable bonds is 0. The van der Waals surface area contributed by atoms with Crippen molar-refractivity contribution >= 4 is 6.21 Å². The predicted octanol–water partition coefficient (Wildman–Crippen LogP) is 0.336. The molecule has 2 heteroatoms. The molecule has 7 heavy (non-hydrogen) atoms. The van der Waals surface area contributed by atoms with E-state index in [2.05, 4.69) is 4.99 Å². The highest BCUT2D eigenvalue weighted by molar-refractivity contribution is 5.73. The number of nitrogens with zero attached hydrogens (tertiary/aromatic N) is 1. The van der Waals surface area contributed by atoms with Crippen LogP contribution in [0.3, 0.4) is 0 Å². The summed E-state index contributed by atoms with van der Waals surface area (Å²) in [5.41, 5.74) is -0.778. The Kier molecular flexibility index (Phi) is 0.755. The van der Waals surface area contributed by atoms with E-state index in [1.807, 2.05) is 0 Å². The van der Waals surface area contributed by atoms with E-state index in [0.717, 1.165) is 0 Å². The van der Waals surface area contributed by atoms with Crippen LogP contribution in [0.15, 0.2) is 17.3 Å². The maximum atomic E-state index is 8.96.